The largest absolute Gasteiger partial charge is 0.506 e. The number of likely N-dealkylation sites (N-methyl/N-ethyl adjacent to an activating group) is 1. The molecule has 1 heterocycles. The second-order valence-corrected chi connectivity index (χ2v) is 5.17. The molecule has 98 valence electrons. The van der Waals surface area contributed by atoms with Crippen molar-refractivity contribution in [1.29, 1.82) is 0 Å². The van der Waals surface area contributed by atoms with E-state index in [1.165, 1.54) is 6.07 Å². The van der Waals surface area contributed by atoms with Gasteiger partial charge < -0.3 is 10.0 Å². The van der Waals surface area contributed by atoms with Crippen LogP contribution in [0.2, 0.25) is 10.0 Å². The standard InChI is InChI=1S/C12H15Cl2N3O/c1-16-2-4-17(5-3-16)15-8-9-6-10(13)7-11(14)12(9)18/h6-8,18H,2-5H2,1H3. The monoisotopic (exact) mass is 287 g/mol. The van der Waals surface area contributed by atoms with Crippen molar-refractivity contribution in [2.24, 2.45) is 5.10 Å². The van der Waals surface area contributed by atoms with E-state index in [4.69, 9.17) is 23.2 Å². The Morgan fingerprint density at radius 2 is 1.89 bits per heavy atom. The molecule has 1 aromatic rings. The lowest BCUT2D eigenvalue weighted by atomic mass is 10.2. The molecule has 18 heavy (non-hydrogen) atoms. The minimum Gasteiger partial charge on any atom is -0.506 e. The number of halogens is 2. The third kappa shape index (κ3) is 3.28. The van der Waals surface area contributed by atoms with Gasteiger partial charge in [0.25, 0.3) is 0 Å². The van der Waals surface area contributed by atoms with Gasteiger partial charge in [-0.15, -0.1) is 0 Å². The van der Waals surface area contributed by atoms with Crippen molar-refractivity contribution in [1.82, 2.24) is 9.91 Å². The van der Waals surface area contributed by atoms with Gasteiger partial charge in [-0.3, -0.25) is 5.01 Å². The van der Waals surface area contributed by atoms with Gasteiger partial charge in [0.15, 0.2) is 0 Å². The van der Waals surface area contributed by atoms with Gasteiger partial charge in [-0.05, 0) is 19.2 Å². The molecule has 0 aromatic heterocycles. The molecule has 1 fully saturated rings. The molecule has 1 N–H and O–H groups in total. The average molecular weight is 288 g/mol. The lowest BCUT2D eigenvalue weighted by molar-refractivity contribution is 0.159. The topological polar surface area (TPSA) is 39.1 Å². The average Bonchev–Trinajstić information content (AvgIpc) is 2.34. The van der Waals surface area contributed by atoms with Crippen molar-refractivity contribution in [2.45, 2.75) is 0 Å². The Morgan fingerprint density at radius 1 is 1.22 bits per heavy atom. The molecule has 0 saturated carbocycles. The van der Waals surface area contributed by atoms with Crippen molar-refractivity contribution in [2.75, 3.05) is 33.2 Å². The van der Waals surface area contributed by atoms with Crippen LogP contribution in [0, 0.1) is 0 Å². The molecule has 0 spiro atoms. The Morgan fingerprint density at radius 3 is 2.56 bits per heavy atom. The predicted molar refractivity (Wildman–Crippen MR) is 74.8 cm³/mol. The van der Waals surface area contributed by atoms with Crippen LogP contribution >= 0.6 is 23.2 Å². The van der Waals surface area contributed by atoms with Crippen LogP contribution in [-0.2, 0) is 0 Å². The Bertz CT molecular complexity index is 457. The van der Waals surface area contributed by atoms with E-state index in [0.29, 0.717) is 10.6 Å². The lowest BCUT2D eigenvalue weighted by Gasteiger charge is -2.30. The lowest BCUT2D eigenvalue weighted by Crippen LogP contribution is -2.41. The molecule has 1 aliphatic rings. The summed E-state index contributed by atoms with van der Waals surface area (Å²) < 4.78 is 0. The quantitative estimate of drug-likeness (QED) is 0.849. The molecule has 0 unspecified atom stereocenters. The van der Waals surface area contributed by atoms with Crippen molar-refractivity contribution < 1.29 is 5.11 Å². The van der Waals surface area contributed by atoms with Gasteiger partial charge in [0.05, 0.1) is 11.2 Å². The number of piperazine rings is 1. The van der Waals surface area contributed by atoms with E-state index in [9.17, 15) is 5.11 Å². The first kappa shape index (κ1) is 13.5. The zero-order valence-corrected chi connectivity index (χ0v) is 11.6. The maximum Gasteiger partial charge on any atom is 0.143 e. The molecular formula is C12H15Cl2N3O. The summed E-state index contributed by atoms with van der Waals surface area (Å²) in [6, 6.07) is 3.15. The summed E-state index contributed by atoms with van der Waals surface area (Å²) in [6.07, 6.45) is 1.60. The molecule has 1 aliphatic heterocycles. The fraction of sp³-hybridized carbons (Fsp3) is 0.417. The number of hydrogen-bond acceptors (Lipinski definition) is 4. The number of aromatic hydroxyl groups is 1. The van der Waals surface area contributed by atoms with E-state index in [0.717, 1.165) is 26.2 Å². The number of hydrogen-bond donors (Lipinski definition) is 1. The smallest absolute Gasteiger partial charge is 0.143 e. The normalized spacial score (nSPS) is 17.6. The molecule has 0 radical (unpaired) electrons. The summed E-state index contributed by atoms with van der Waals surface area (Å²) in [5.74, 6) is 0.0129. The van der Waals surface area contributed by atoms with Gasteiger partial charge >= 0.3 is 0 Å². The van der Waals surface area contributed by atoms with Crippen LogP contribution in [0.15, 0.2) is 17.2 Å². The van der Waals surface area contributed by atoms with Gasteiger partial charge in [0, 0.05) is 36.8 Å². The summed E-state index contributed by atoms with van der Waals surface area (Å²) in [5.41, 5.74) is 0.534. The Balaban J connectivity index is 2.09. The van der Waals surface area contributed by atoms with Crippen LogP contribution in [0.5, 0.6) is 5.75 Å². The van der Waals surface area contributed by atoms with Crippen molar-refractivity contribution in [3.63, 3.8) is 0 Å². The summed E-state index contributed by atoms with van der Waals surface area (Å²) in [6.45, 7) is 3.73. The zero-order valence-electron chi connectivity index (χ0n) is 10.1. The fourth-order valence-electron chi connectivity index (χ4n) is 1.74. The molecular weight excluding hydrogens is 273 g/mol. The van der Waals surface area contributed by atoms with E-state index in [2.05, 4.69) is 17.0 Å². The van der Waals surface area contributed by atoms with Crippen LogP contribution in [0.3, 0.4) is 0 Å². The Kier molecular flexibility index (Phi) is 4.32. The first-order valence-corrected chi connectivity index (χ1v) is 6.47. The van der Waals surface area contributed by atoms with Crippen molar-refractivity contribution in [3.05, 3.63) is 27.7 Å². The van der Waals surface area contributed by atoms with Crippen LogP contribution in [0.4, 0.5) is 0 Å². The molecule has 0 amide bonds. The van der Waals surface area contributed by atoms with Gasteiger partial charge in [-0.2, -0.15) is 5.10 Å². The number of nitrogens with zero attached hydrogens (tertiary/aromatic N) is 3. The van der Waals surface area contributed by atoms with Crippen LogP contribution in [0.1, 0.15) is 5.56 Å². The van der Waals surface area contributed by atoms with Crippen molar-refractivity contribution in [3.8, 4) is 5.75 Å². The fourth-order valence-corrected chi connectivity index (χ4v) is 2.25. The van der Waals surface area contributed by atoms with E-state index in [1.54, 1.807) is 12.3 Å². The highest BCUT2D eigenvalue weighted by Gasteiger charge is 2.11. The van der Waals surface area contributed by atoms with Crippen LogP contribution in [0.25, 0.3) is 0 Å². The highest BCUT2D eigenvalue weighted by molar-refractivity contribution is 6.36. The van der Waals surface area contributed by atoms with E-state index in [-0.39, 0.29) is 10.8 Å². The molecule has 4 nitrogen and oxygen atoms in total. The van der Waals surface area contributed by atoms with Crippen LogP contribution < -0.4 is 0 Å². The van der Waals surface area contributed by atoms with Gasteiger partial charge in [-0.1, -0.05) is 23.2 Å². The predicted octanol–water partition coefficient (Wildman–Crippen LogP) is 2.28. The zero-order chi connectivity index (χ0) is 13.1. The highest BCUT2D eigenvalue weighted by atomic mass is 35.5. The number of phenolic OH excluding ortho intramolecular Hbond substituents is 1. The third-order valence-electron chi connectivity index (χ3n) is 2.90. The Labute approximate surface area is 116 Å². The molecule has 6 heteroatoms. The van der Waals surface area contributed by atoms with Crippen LogP contribution in [-0.4, -0.2) is 54.5 Å². The highest BCUT2D eigenvalue weighted by Crippen LogP contribution is 2.30. The molecule has 0 atom stereocenters. The number of phenols is 1. The number of benzene rings is 1. The molecule has 1 saturated heterocycles. The molecule has 0 bridgehead atoms. The second kappa shape index (κ2) is 5.78. The number of rotatable bonds is 2. The Hall–Kier alpha value is -0.970. The first-order valence-electron chi connectivity index (χ1n) is 5.72. The maximum atomic E-state index is 9.78. The third-order valence-corrected chi connectivity index (χ3v) is 3.40. The molecule has 1 aromatic carbocycles. The van der Waals surface area contributed by atoms with Gasteiger partial charge in [0.1, 0.15) is 5.75 Å². The molecule has 2 rings (SSSR count). The summed E-state index contributed by atoms with van der Waals surface area (Å²) in [4.78, 5) is 2.25. The maximum absolute atomic E-state index is 9.78. The van der Waals surface area contributed by atoms with Gasteiger partial charge in [0.2, 0.25) is 0 Å². The number of hydrazone groups is 1. The minimum absolute atomic E-state index is 0.0129. The minimum atomic E-state index is 0.0129. The van der Waals surface area contributed by atoms with E-state index >= 15 is 0 Å². The summed E-state index contributed by atoms with van der Waals surface area (Å²) in [5, 5.41) is 16.8. The first-order chi connectivity index (χ1) is 8.56. The van der Waals surface area contributed by atoms with Crippen molar-refractivity contribution >= 4 is 29.4 Å². The van der Waals surface area contributed by atoms with Gasteiger partial charge in [-0.25, -0.2) is 0 Å². The molecule has 0 aliphatic carbocycles. The second-order valence-electron chi connectivity index (χ2n) is 4.33. The van der Waals surface area contributed by atoms with E-state index in [1.807, 2.05) is 5.01 Å². The van der Waals surface area contributed by atoms with E-state index < -0.39 is 0 Å². The summed E-state index contributed by atoms with van der Waals surface area (Å²) >= 11 is 11.7. The summed E-state index contributed by atoms with van der Waals surface area (Å²) in [7, 11) is 2.09. The SMILES string of the molecule is CN1CCN(N=Cc2cc(Cl)cc(Cl)c2O)CC1.